The molecular weight excluding hydrogens is 755 g/mol. The van der Waals surface area contributed by atoms with Crippen LogP contribution < -0.4 is 0 Å². The lowest BCUT2D eigenvalue weighted by molar-refractivity contribution is 0.893. The minimum atomic E-state index is 0.550. The summed E-state index contributed by atoms with van der Waals surface area (Å²) in [6.07, 6.45) is 0. The smallest absolute Gasteiger partial charge is 0.240 e. The molecule has 0 aliphatic rings. The fraction of sp³-hybridized carbons (Fsp3) is 0. The zero-order chi connectivity index (χ0) is 41.0. The number of hydrogen-bond donors (Lipinski definition) is 0. The van der Waals surface area contributed by atoms with Crippen molar-refractivity contribution in [2.24, 2.45) is 0 Å². The van der Waals surface area contributed by atoms with Crippen LogP contribution in [-0.2, 0) is 0 Å². The van der Waals surface area contributed by atoms with E-state index in [0.717, 1.165) is 82.6 Å². The summed E-state index contributed by atoms with van der Waals surface area (Å²) in [5.41, 5.74) is 14.1. The second kappa shape index (κ2) is 14.7. The van der Waals surface area contributed by atoms with Crippen molar-refractivity contribution < 1.29 is 0 Å². The van der Waals surface area contributed by atoms with Crippen LogP contribution in [-0.4, -0.2) is 24.1 Å². The summed E-state index contributed by atoms with van der Waals surface area (Å²) < 4.78 is 4.37. The van der Waals surface area contributed by atoms with Crippen LogP contribution in [0.2, 0.25) is 0 Å². The standard InChI is InChI=1S/C57H37N5/c1-3-18-38(19-4-1)40-22-17-23-41(34-40)45-24-7-8-25-46(45)43-35-42(39-20-5-2-6-21-39)36-44(37-43)55-58-56(61-51-30-13-9-26-47(51)48-27-10-14-31-52(48)61)60-57(59-55)62-53-32-15-11-28-49(53)50-29-12-16-33-54(50)62/h1-37H. The van der Waals surface area contributed by atoms with Crippen LogP contribution in [0.4, 0.5) is 0 Å². The van der Waals surface area contributed by atoms with Gasteiger partial charge >= 0.3 is 0 Å². The molecule has 0 amide bonds. The van der Waals surface area contributed by atoms with E-state index >= 15 is 0 Å². The van der Waals surface area contributed by atoms with Gasteiger partial charge in [-0.2, -0.15) is 15.0 Å². The van der Waals surface area contributed by atoms with Gasteiger partial charge in [-0.1, -0.05) is 176 Å². The minimum absolute atomic E-state index is 0.550. The van der Waals surface area contributed by atoms with E-state index in [1.165, 1.54) is 11.1 Å². The van der Waals surface area contributed by atoms with Crippen molar-refractivity contribution in [3.63, 3.8) is 0 Å². The van der Waals surface area contributed by atoms with Crippen LogP contribution in [0.25, 0.3) is 111 Å². The van der Waals surface area contributed by atoms with Gasteiger partial charge in [0.1, 0.15) is 0 Å². The molecule has 0 saturated carbocycles. The van der Waals surface area contributed by atoms with E-state index in [9.17, 15) is 0 Å². The lowest BCUT2D eigenvalue weighted by Crippen LogP contribution is -2.10. The Bertz CT molecular complexity index is 3400. The average Bonchev–Trinajstić information content (AvgIpc) is 3.87. The Hall–Kier alpha value is -8.41. The van der Waals surface area contributed by atoms with Gasteiger partial charge < -0.3 is 0 Å². The van der Waals surface area contributed by atoms with E-state index in [4.69, 9.17) is 15.0 Å². The molecule has 0 aliphatic carbocycles. The topological polar surface area (TPSA) is 48.5 Å². The molecule has 0 saturated heterocycles. The summed E-state index contributed by atoms with van der Waals surface area (Å²) in [5.74, 6) is 1.68. The van der Waals surface area contributed by atoms with Crippen LogP contribution >= 0.6 is 0 Å². The van der Waals surface area contributed by atoms with Gasteiger partial charge in [0.2, 0.25) is 11.9 Å². The molecule has 12 rings (SSSR count). The minimum Gasteiger partial charge on any atom is -0.278 e. The highest BCUT2D eigenvalue weighted by atomic mass is 15.3. The first-order valence-corrected chi connectivity index (χ1v) is 20.9. The summed E-state index contributed by atoms with van der Waals surface area (Å²) in [5, 5.41) is 4.57. The quantitative estimate of drug-likeness (QED) is 0.162. The van der Waals surface area contributed by atoms with E-state index in [1.54, 1.807) is 0 Å². The highest BCUT2D eigenvalue weighted by Gasteiger charge is 2.21. The van der Waals surface area contributed by atoms with Crippen LogP contribution in [0.5, 0.6) is 0 Å². The Morgan fingerprint density at radius 2 is 0.597 bits per heavy atom. The van der Waals surface area contributed by atoms with Crippen LogP contribution in [0.1, 0.15) is 0 Å². The fourth-order valence-corrected chi connectivity index (χ4v) is 9.15. The first kappa shape index (κ1) is 35.5. The molecule has 9 aromatic carbocycles. The number of hydrogen-bond acceptors (Lipinski definition) is 3. The Morgan fingerprint density at radius 1 is 0.242 bits per heavy atom. The first-order chi connectivity index (χ1) is 30.7. The number of nitrogens with zero attached hydrogens (tertiary/aromatic N) is 5. The molecule has 3 heterocycles. The molecular formula is C57H37N5. The van der Waals surface area contributed by atoms with Gasteiger partial charge in [-0.25, -0.2) is 0 Å². The summed E-state index contributed by atoms with van der Waals surface area (Å²) in [7, 11) is 0. The van der Waals surface area contributed by atoms with Crippen molar-refractivity contribution in [3.8, 4) is 67.8 Å². The second-order valence-electron chi connectivity index (χ2n) is 15.7. The Labute approximate surface area is 358 Å². The van der Waals surface area contributed by atoms with Crippen molar-refractivity contribution in [2.75, 3.05) is 0 Å². The molecule has 290 valence electrons. The van der Waals surface area contributed by atoms with E-state index in [1.807, 2.05) is 0 Å². The molecule has 5 heteroatoms. The molecule has 3 aromatic heterocycles. The summed E-state index contributed by atoms with van der Waals surface area (Å²) in [6, 6.07) is 79.4. The van der Waals surface area contributed by atoms with Gasteiger partial charge in [0.15, 0.2) is 5.82 Å². The maximum Gasteiger partial charge on any atom is 0.240 e. The molecule has 0 bridgehead atoms. The van der Waals surface area contributed by atoms with Crippen LogP contribution in [0.15, 0.2) is 224 Å². The molecule has 0 unspecified atom stereocenters. The lowest BCUT2D eigenvalue weighted by Gasteiger charge is -2.16. The highest BCUT2D eigenvalue weighted by Crippen LogP contribution is 2.40. The maximum atomic E-state index is 5.44. The molecule has 0 aliphatic heterocycles. The zero-order valence-corrected chi connectivity index (χ0v) is 33.6. The third kappa shape index (κ3) is 5.98. The van der Waals surface area contributed by atoms with E-state index in [-0.39, 0.29) is 0 Å². The van der Waals surface area contributed by atoms with E-state index in [0.29, 0.717) is 17.7 Å². The maximum absolute atomic E-state index is 5.44. The molecule has 0 spiro atoms. The van der Waals surface area contributed by atoms with Crippen molar-refractivity contribution >= 4 is 43.6 Å². The van der Waals surface area contributed by atoms with E-state index < -0.39 is 0 Å². The highest BCUT2D eigenvalue weighted by molar-refractivity contribution is 6.10. The molecule has 62 heavy (non-hydrogen) atoms. The monoisotopic (exact) mass is 791 g/mol. The summed E-state index contributed by atoms with van der Waals surface area (Å²) in [6.45, 7) is 0. The second-order valence-corrected chi connectivity index (χ2v) is 15.7. The van der Waals surface area contributed by atoms with Gasteiger partial charge in [0.05, 0.1) is 22.1 Å². The van der Waals surface area contributed by atoms with E-state index in [2.05, 4.69) is 234 Å². The number of benzene rings is 9. The molecule has 0 atom stereocenters. The van der Waals surface area contributed by atoms with Crippen molar-refractivity contribution in [1.82, 2.24) is 24.1 Å². The van der Waals surface area contributed by atoms with Gasteiger partial charge in [0, 0.05) is 27.1 Å². The summed E-state index contributed by atoms with van der Waals surface area (Å²) >= 11 is 0. The van der Waals surface area contributed by atoms with Gasteiger partial charge in [0.25, 0.3) is 0 Å². The molecule has 0 N–H and O–H groups in total. The number of rotatable bonds is 7. The van der Waals surface area contributed by atoms with Crippen LogP contribution in [0, 0.1) is 0 Å². The van der Waals surface area contributed by atoms with Gasteiger partial charge in [-0.05, 0) is 93.0 Å². The third-order valence-corrected chi connectivity index (χ3v) is 12.0. The average molecular weight is 792 g/mol. The van der Waals surface area contributed by atoms with Crippen molar-refractivity contribution in [3.05, 3.63) is 224 Å². The lowest BCUT2D eigenvalue weighted by atomic mass is 9.90. The molecule has 5 nitrogen and oxygen atoms in total. The predicted octanol–water partition coefficient (Wildman–Crippen LogP) is 14.4. The van der Waals surface area contributed by atoms with Gasteiger partial charge in [-0.3, -0.25) is 9.13 Å². The number of para-hydroxylation sites is 4. The predicted molar refractivity (Wildman–Crippen MR) is 256 cm³/mol. The Morgan fingerprint density at radius 3 is 1.11 bits per heavy atom. The third-order valence-electron chi connectivity index (χ3n) is 12.0. The summed E-state index contributed by atoms with van der Waals surface area (Å²) in [4.78, 5) is 16.3. The zero-order valence-electron chi connectivity index (χ0n) is 33.6. The van der Waals surface area contributed by atoms with Crippen LogP contribution in [0.3, 0.4) is 0 Å². The van der Waals surface area contributed by atoms with Gasteiger partial charge in [-0.15, -0.1) is 0 Å². The first-order valence-electron chi connectivity index (χ1n) is 20.9. The molecule has 12 aromatic rings. The normalized spacial score (nSPS) is 11.5. The Kier molecular flexibility index (Phi) is 8.42. The van der Waals surface area contributed by atoms with Crippen molar-refractivity contribution in [2.45, 2.75) is 0 Å². The van der Waals surface area contributed by atoms with Crippen molar-refractivity contribution in [1.29, 1.82) is 0 Å². The SMILES string of the molecule is c1ccc(-c2cccc(-c3ccccc3-c3cc(-c4ccccc4)cc(-c4nc(-n5c6ccccc6c6ccccc65)nc(-n5c6ccccc6c6ccccc65)n4)c3)c2)cc1. The number of fused-ring (bicyclic) bond motifs is 6. The Balaban J connectivity index is 1.13. The fourth-order valence-electron chi connectivity index (χ4n) is 9.15. The largest absolute Gasteiger partial charge is 0.278 e. The molecule has 0 radical (unpaired) electrons. The molecule has 0 fully saturated rings. The number of aromatic nitrogens is 5.